The second kappa shape index (κ2) is 8.92. The summed E-state index contributed by atoms with van der Waals surface area (Å²) in [5.74, 6) is 0.957. The largest absolute Gasteiger partial charge is 0.494 e. The van der Waals surface area contributed by atoms with Crippen molar-refractivity contribution >= 4 is 24.8 Å². The van der Waals surface area contributed by atoms with Gasteiger partial charge in [-0.1, -0.05) is 25.0 Å². The number of rotatable bonds is 5. The van der Waals surface area contributed by atoms with Gasteiger partial charge in [-0.3, -0.25) is 4.90 Å². The van der Waals surface area contributed by atoms with Gasteiger partial charge in [-0.25, -0.2) is 4.39 Å². The maximum absolute atomic E-state index is 14.6. The molecule has 2 aliphatic rings. The molecule has 22 heavy (non-hydrogen) atoms. The molecule has 1 aromatic rings. The Labute approximate surface area is 144 Å². The van der Waals surface area contributed by atoms with E-state index in [0.717, 1.165) is 44.1 Å². The maximum atomic E-state index is 14.6. The highest BCUT2D eigenvalue weighted by Gasteiger charge is 2.32. The van der Waals surface area contributed by atoms with Gasteiger partial charge in [0.15, 0.2) is 11.6 Å². The lowest BCUT2D eigenvalue weighted by atomic mass is 9.97. The molecule has 1 atom stereocenters. The van der Waals surface area contributed by atoms with Crippen LogP contribution in [0.2, 0.25) is 0 Å². The van der Waals surface area contributed by atoms with Gasteiger partial charge in [-0.2, -0.15) is 0 Å². The lowest BCUT2D eigenvalue weighted by Crippen LogP contribution is -2.45. The number of ether oxygens (including phenoxy) is 1. The van der Waals surface area contributed by atoms with Gasteiger partial charge >= 0.3 is 0 Å². The molecule has 0 amide bonds. The van der Waals surface area contributed by atoms with Crippen molar-refractivity contribution in [2.24, 2.45) is 5.92 Å². The molecule has 6 heteroatoms. The molecule has 1 saturated heterocycles. The van der Waals surface area contributed by atoms with Crippen molar-refractivity contribution in [1.29, 1.82) is 0 Å². The topological polar surface area (TPSA) is 24.5 Å². The van der Waals surface area contributed by atoms with Crippen molar-refractivity contribution in [3.8, 4) is 5.75 Å². The predicted molar refractivity (Wildman–Crippen MR) is 92.0 cm³/mol. The number of methoxy groups -OCH3 is 1. The standard InChI is InChI=1S/C16H23FN2O.2ClH/c1-20-15-4-2-3-13(16(15)17)14(11-12-5-6-12)19-9-7-18-8-10-19;;/h2-4,12,14,18H,5-11H2,1H3;2*1H/t14-;;/m1../s1. The quantitative estimate of drug-likeness (QED) is 0.880. The molecular weight excluding hydrogens is 326 g/mol. The molecule has 0 radical (unpaired) electrons. The molecule has 2 fully saturated rings. The molecule has 3 nitrogen and oxygen atoms in total. The lowest BCUT2D eigenvalue weighted by molar-refractivity contribution is 0.156. The van der Waals surface area contributed by atoms with E-state index in [1.165, 1.54) is 20.0 Å². The summed E-state index contributed by atoms with van der Waals surface area (Å²) in [4.78, 5) is 2.42. The first-order valence-electron chi connectivity index (χ1n) is 7.56. The average Bonchev–Trinajstić information content (AvgIpc) is 3.30. The van der Waals surface area contributed by atoms with Gasteiger partial charge in [-0.05, 0) is 18.4 Å². The zero-order valence-electron chi connectivity index (χ0n) is 12.9. The molecule has 1 aliphatic carbocycles. The molecule has 1 N–H and O–H groups in total. The third-order valence-corrected chi connectivity index (χ3v) is 4.42. The van der Waals surface area contributed by atoms with Gasteiger partial charge in [-0.15, -0.1) is 24.8 Å². The average molecular weight is 351 g/mol. The Hall–Kier alpha value is -0.550. The summed E-state index contributed by atoms with van der Waals surface area (Å²) < 4.78 is 19.7. The van der Waals surface area contributed by atoms with Gasteiger partial charge in [0.25, 0.3) is 0 Å². The first-order valence-corrected chi connectivity index (χ1v) is 7.56. The molecule has 1 aliphatic heterocycles. The Balaban J connectivity index is 0.00000121. The summed E-state index contributed by atoms with van der Waals surface area (Å²) >= 11 is 0. The van der Waals surface area contributed by atoms with E-state index in [9.17, 15) is 4.39 Å². The van der Waals surface area contributed by atoms with E-state index < -0.39 is 0 Å². The fourth-order valence-electron chi connectivity index (χ4n) is 3.08. The number of halogens is 3. The Bertz CT molecular complexity index is 465. The van der Waals surface area contributed by atoms with Gasteiger partial charge in [0.2, 0.25) is 0 Å². The third-order valence-electron chi connectivity index (χ3n) is 4.42. The lowest BCUT2D eigenvalue weighted by Gasteiger charge is -2.35. The molecular formula is C16H25Cl2FN2O. The first-order chi connectivity index (χ1) is 9.79. The summed E-state index contributed by atoms with van der Waals surface area (Å²) in [6.45, 7) is 3.97. The molecule has 0 aromatic heterocycles. The summed E-state index contributed by atoms with van der Waals surface area (Å²) in [5.41, 5.74) is 0.804. The molecule has 1 heterocycles. The highest BCUT2D eigenvalue weighted by atomic mass is 35.5. The van der Waals surface area contributed by atoms with Gasteiger partial charge in [0.05, 0.1) is 7.11 Å². The summed E-state index contributed by atoms with van der Waals surface area (Å²) in [6.07, 6.45) is 3.67. The highest BCUT2D eigenvalue weighted by Crippen LogP contribution is 2.41. The van der Waals surface area contributed by atoms with E-state index in [4.69, 9.17) is 4.74 Å². The summed E-state index contributed by atoms with van der Waals surface area (Å²) in [5, 5.41) is 3.37. The predicted octanol–water partition coefficient (Wildman–Crippen LogP) is 3.42. The molecule has 0 spiro atoms. The van der Waals surface area contributed by atoms with Crippen LogP contribution in [0.1, 0.15) is 30.9 Å². The van der Waals surface area contributed by atoms with Crippen LogP contribution < -0.4 is 10.1 Å². The molecule has 3 rings (SSSR count). The summed E-state index contributed by atoms with van der Waals surface area (Å²) in [6, 6.07) is 5.72. The van der Waals surface area contributed by atoms with Gasteiger partial charge in [0, 0.05) is 37.8 Å². The van der Waals surface area contributed by atoms with Gasteiger partial charge < -0.3 is 10.1 Å². The first kappa shape index (κ1) is 19.5. The minimum absolute atomic E-state index is 0. The maximum Gasteiger partial charge on any atom is 0.169 e. The SMILES string of the molecule is COc1cccc([C@@H](CC2CC2)N2CCNCC2)c1F.Cl.Cl. The minimum Gasteiger partial charge on any atom is -0.494 e. The van der Waals surface area contributed by atoms with E-state index in [2.05, 4.69) is 10.2 Å². The number of nitrogens with one attached hydrogen (secondary N) is 1. The van der Waals surface area contributed by atoms with E-state index in [1.807, 2.05) is 12.1 Å². The van der Waals surface area contributed by atoms with E-state index in [1.54, 1.807) is 6.07 Å². The Kier molecular flexibility index (Phi) is 7.90. The fraction of sp³-hybridized carbons (Fsp3) is 0.625. The van der Waals surface area contributed by atoms with E-state index >= 15 is 0 Å². The van der Waals surface area contributed by atoms with Crippen LogP contribution in [0.25, 0.3) is 0 Å². The normalized spacial score (nSPS) is 19.7. The molecule has 1 saturated carbocycles. The van der Waals surface area contributed by atoms with Crippen LogP contribution in [0.15, 0.2) is 18.2 Å². The van der Waals surface area contributed by atoms with Crippen LogP contribution in [0, 0.1) is 11.7 Å². The monoisotopic (exact) mass is 350 g/mol. The van der Waals surface area contributed by atoms with Crippen molar-refractivity contribution in [3.63, 3.8) is 0 Å². The van der Waals surface area contributed by atoms with Crippen molar-refractivity contribution in [3.05, 3.63) is 29.6 Å². The zero-order chi connectivity index (χ0) is 13.9. The van der Waals surface area contributed by atoms with E-state index in [-0.39, 0.29) is 36.7 Å². The number of hydrogen-bond donors (Lipinski definition) is 1. The van der Waals surface area contributed by atoms with Crippen molar-refractivity contribution in [2.75, 3.05) is 33.3 Å². The van der Waals surface area contributed by atoms with Crippen molar-refractivity contribution in [2.45, 2.75) is 25.3 Å². The third kappa shape index (κ3) is 4.48. The van der Waals surface area contributed by atoms with Gasteiger partial charge in [0.1, 0.15) is 0 Å². The van der Waals surface area contributed by atoms with Crippen molar-refractivity contribution in [1.82, 2.24) is 10.2 Å². The van der Waals surface area contributed by atoms with Crippen LogP contribution in [0.3, 0.4) is 0 Å². The Morgan fingerprint density at radius 3 is 2.55 bits per heavy atom. The molecule has 0 unspecified atom stereocenters. The second-order valence-corrected chi connectivity index (χ2v) is 5.84. The number of hydrogen-bond acceptors (Lipinski definition) is 3. The van der Waals surface area contributed by atoms with Crippen LogP contribution in [0.4, 0.5) is 4.39 Å². The second-order valence-electron chi connectivity index (χ2n) is 5.84. The van der Waals surface area contributed by atoms with Crippen molar-refractivity contribution < 1.29 is 9.13 Å². The number of piperazine rings is 1. The molecule has 1 aromatic carbocycles. The molecule has 126 valence electrons. The highest BCUT2D eigenvalue weighted by molar-refractivity contribution is 5.85. The van der Waals surface area contributed by atoms with Crippen LogP contribution in [-0.2, 0) is 0 Å². The number of benzene rings is 1. The fourth-order valence-corrected chi connectivity index (χ4v) is 3.08. The number of nitrogens with zero attached hydrogens (tertiary/aromatic N) is 1. The zero-order valence-corrected chi connectivity index (χ0v) is 14.5. The van der Waals surface area contributed by atoms with Crippen LogP contribution >= 0.6 is 24.8 Å². The molecule has 0 bridgehead atoms. The summed E-state index contributed by atoms with van der Waals surface area (Å²) in [7, 11) is 1.53. The Morgan fingerprint density at radius 1 is 1.27 bits per heavy atom. The Morgan fingerprint density at radius 2 is 1.95 bits per heavy atom. The van der Waals surface area contributed by atoms with Crippen LogP contribution in [0.5, 0.6) is 5.75 Å². The van der Waals surface area contributed by atoms with Crippen LogP contribution in [-0.4, -0.2) is 38.2 Å². The minimum atomic E-state index is -0.181. The smallest absolute Gasteiger partial charge is 0.169 e. The van der Waals surface area contributed by atoms with E-state index in [0.29, 0.717) is 5.75 Å².